The highest BCUT2D eigenvalue weighted by atomic mass is 16.5. The number of carbonyl (C=O) groups is 2. The Morgan fingerprint density at radius 2 is 1.29 bits per heavy atom. The smallest absolute Gasteiger partial charge is 0.303 e. The highest BCUT2D eigenvalue weighted by Gasteiger charge is 2.01. The zero-order valence-corrected chi connectivity index (χ0v) is 17.8. The largest absolute Gasteiger partial charge is 0.481 e. The lowest BCUT2D eigenvalue weighted by molar-refractivity contribution is -0.137. The molecule has 0 aromatic carbocycles. The molecule has 6 heteroatoms. The van der Waals surface area contributed by atoms with Gasteiger partial charge in [-0.3, -0.25) is 9.59 Å². The van der Waals surface area contributed by atoms with Crippen LogP contribution in [0.3, 0.4) is 0 Å². The van der Waals surface area contributed by atoms with Crippen LogP contribution >= 0.6 is 0 Å². The van der Waals surface area contributed by atoms with Gasteiger partial charge in [0, 0.05) is 33.0 Å². The van der Waals surface area contributed by atoms with E-state index < -0.39 is 5.97 Å². The second kappa shape index (κ2) is 20.3. The Balaban J connectivity index is 3.23. The van der Waals surface area contributed by atoms with Crippen LogP contribution in [0.4, 0.5) is 0 Å². The average molecular weight is 399 g/mol. The van der Waals surface area contributed by atoms with Crippen molar-refractivity contribution in [3.05, 3.63) is 12.2 Å². The molecular weight excluding hydrogens is 356 g/mol. The molecular formula is C22H42N2O4. The molecule has 164 valence electrons. The van der Waals surface area contributed by atoms with Gasteiger partial charge in [0.05, 0.1) is 0 Å². The molecule has 0 aromatic heterocycles. The van der Waals surface area contributed by atoms with E-state index >= 15 is 0 Å². The molecule has 0 fully saturated rings. The van der Waals surface area contributed by atoms with Crippen LogP contribution in [0.5, 0.6) is 0 Å². The first-order chi connectivity index (χ1) is 13.5. The number of hydrogen-bond acceptors (Lipinski definition) is 4. The molecule has 0 aliphatic heterocycles. The van der Waals surface area contributed by atoms with Crippen LogP contribution in [0.25, 0.3) is 0 Å². The van der Waals surface area contributed by atoms with E-state index in [0.29, 0.717) is 25.9 Å². The van der Waals surface area contributed by atoms with Crippen molar-refractivity contribution in [2.24, 2.45) is 0 Å². The first-order valence-electron chi connectivity index (χ1n) is 11.1. The fraction of sp³-hybridized carbons (Fsp3) is 0.818. The molecule has 0 aliphatic carbocycles. The third-order valence-electron chi connectivity index (χ3n) is 4.68. The Morgan fingerprint density at radius 3 is 1.82 bits per heavy atom. The van der Waals surface area contributed by atoms with E-state index in [0.717, 1.165) is 56.4 Å². The van der Waals surface area contributed by atoms with Crippen molar-refractivity contribution in [1.82, 2.24) is 10.4 Å². The van der Waals surface area contributed by atoms with Crippen molar-refractivity contribution in [3.8, 4) is 0 Å². The number of aliphatic carboxylic acids is 1. The molecule has 0 aromatic rings. The molecule has 1 amide bonds. The topological polar surface area (TPSA) is 89.9 Å². The van der Waals surface area contributed by atoms with Crippen LogP contribution in [0.2, 0.25) is 0 Å². The van der Waals surface area contributed by atoms with E-state index in [2.05, 4.69) is 17.5 Å². The highest BCUT2D eigenvalue weighted by molar-refractivity contribution is 5.75. The number of allylic oxidation sites excluding steroid dienone is 2. The van der Waals surface area contributed by atoms with Gasteiger partial charge in [-0.2, -0.15) is 5.06 Å². The van der Waals surface area contributed by atoms with Gasteiger partial charge in [0.25, 0.3) is 0 Å². The Labute approximate surface area is 171 Å². The standard InChI is InChI=1S/C22H42N2O4/c1-24(28)20-16-19-23-21(25)17-14-12-10-8-6-4-2-3-5-7-9-11-13-15-18-22(26)27/h2-3,28H,4-20H2,1H3,(H,23,25)(H,26,27)/b3-2+. The van der Waals surface area contributed by atoms with Crippen molar-refractivity contribution in [2.45, 2.75) is 96.3 Å². The molecule has 3 N–H and O–H groups in total. The zero-order chi connectivity index (χ0) is 20.9. The Hall–Kier alpha value is -1.40. The summed E-state index contributed by atoms with van der Waals surface area (Å²) < 4.78 is 0. The normalized spacial score (nSPS) is 11.4. The number of hydroxylamine groups is 2. The van der Waals surface area contributed by atoms with Crippen molar-refractivity contribution < 1.29 is 19.9 Å². The summed E-state index contributed by atoms with van der Waals surface area (Å²) >= 11 is 0. The van der Waals surface area contributed by atoms with Crippen LogP contribution in [0.15, 0.2) is 12.2 Å². The number of carboxylic acid groups (broad SMARTS) is 1. The summed E-state index contributed by atoms with van der Waals surface area (Å²) in [4.78, 5) is 22.0. The quantitative estimate of drug-likeness (QED) is 0.154. The van der Waals surface area contributed by atoms with Gasteiger partial charge in [0.15, 0.2) is 0 Å². The Morgan fingerprint density at radius 1 is 0.786 bits per heavy atom. The molecule has 0 saturated heterocycles. The zero-order valence-electron chi connectivity index (χ0n) is 17.8. The second-order valence-electron chi connectivity index (χ2n) is 7.56. The fourth-order valence-electron chi connectivity index (χ4n) is 3.01. The molecule has 0 rings (SSSR count). The van der Waals surface area contributed by atoms with Crippen LogP contribution in [-0.2, 0) is 9.59 Å². The van der Waals surface area contributed by atoms with Crippen molar-refractivity contribution in [1.29, 1.82) is 0 Å². The minimum Gasteiger partial charge on any atom is -0.481 e. The Bertz CT molecular complexity index is 411. The summed E-state index contributed by atoms with van der Waals surface area (Å²) in [6.45, 7) is 1.20. The molecule has 6 nitrogen and oxygen atoms in total. The van der Waals surface area contributed by atoms with Gasteiger partial charge in [-0.15, -0.1) is 0 Å². The maximum atomic E-state index is 11.6. The van der Waals surface area contributed by atoms with Gasteiger partial charge in [0.2, 0.25) is 5.91 Å². The molecule has 0 bridgehead atoms. The number of nitrogens with one attached hydrogen (secondary N) is 1. The third-order valence-corrected chi connectivity index (χ3v) is 4.68. The van der Waals surface area contributed by atoms with Crippen LogP contribution in [-0.4, -0.2) is 47.4 Å². The van der Waals surface area contributed by atoms with Gasteiger partial charge < -0.3 is 15.6 Å². The van der Waals surface area contributed by atoms with Crippen LogP contribution in [0, 0.1) is 0 Å². The average Bonchev–Trinajstić information content (AvgIpc) is 2.64. The summed E-state index contributed by atoms with van der Waals surface area (Å²) in [5.74, 6) is -0.572. The van der Waals surface area contributed by atoms with Crippen LogP contribution < -0.4 is 5.32 Å². The predicted molar refractivity (Wildman–Crippen MR) is 113 cm³/mol. The first-order valence-corrected chi connectivity index (χ1v) is 11.1. The number of carbonyl (C=O) groups excluding carboxylic acids is 1. The van der Waals surface area contributed by atoms with Crippen molar-refractivity contribution in [3.63, 3.8) is 0 Å². The van der Waals surface area contributed by atoms with E-state index in [4.69, 9.17) is 10.3 Å². The van der Waals surface area contributed by atoms with Crippen LogP contribution in [0.1, 0.15) is 96.3 Å². The molecule has 0 spiro atoms. The number of rotatable bonds is 20. The van der Waals surface area contributed by atoms with E-state index in [1.165, 1.54) is 32.1 Å². The molecule has 0 heterocycles. The second-order valence-corrected chi connectivity index (χ2v) is 7.56. The third kappa shape index (κ3) is 22.6. The Kier molecular flexibility index (Phi) is 19.3. The van der Waals surface area contributed by atoms with Gasteiger partial charge in [-0.1, -0.05) is 50.7 Å². The molecule has 0 atom stereocenters. The summed E-state index contributed by atoms with van der Waals surface area (Å²) in [5, 5.41) is 21.6. The van der Waals surface area contributed by atoms with Gasteiger partial charge in [-0.05, 0) is 44.9 Å². The van der Waals surface area contributed by atoms with Gasteiger partial charge in [-0.25, -0.2) is 0 Å². The lowest BCUT2D eigenvalue weighted by Crippen LogP contribution is -2.26. The molecule has 0 saturated carbocycles. The molecule has 0 aliphatic rings. The SMILES string of the molecule is CN(O)CCCNC(=O)CCCCCCC/C=C/CCCCCCCC(=O)O. The van der Waals surface area contributed by atoms with E-state index in [1.807, 2.05) is 0 Å². The van der Waals surface area contributed by atoms with E-state index in [-0.39, 0.29) is 5.91 Å². The molecule has 0 unspecified atom stereocenters. The number of carboxylic acids is 1. The maximum absolute atomic E-state index is 11.6. The number of hydrogen-bond donors (Lipinski definition) is 3. The highest BCUT2D eigenvalue weighted by Crippen LogP contribution is 2.10. The molecule has 28 heavy (non-hydrogen) atoms. The number of unbranched alkanes of at least 4 members (excludes halogenated alkanes) is 10. The number of nitrogens with zero attached hydrogens (tertiary/aromatic N) is 1. The molecule has 0 radical (unpaired) electrons. The summed E-state index contributed by atoms with van der Waals surface area (Å²) in [6.07, 6.45) is 19.5. The number of amides is 1. The monoisotopic (exact) mass is 398 g/mol. The maximum Gasteiger partial charge on any atom is 0.303 e. The van der Waals surface area contributed by atoms with Crippen molar-refractivity contribution >= 4 is 11.9 Å². The van der Waals surface area contributed by atoms with E-state index in [1.54, 1.807) is 7.05 Å². The fourth-order valence-corrected chi connectivity index (χ4v) is 3.01. The first kappa shape index (κ1) is 26.6. The van der Waals surface area contributed by atoms with E-state index in [9.17, 15) is 9.59 Å². The minimum atomic E-state index is -0.688. The summed E-state index contributed by atoms with van der Waals surface area (Å²) in [6, 6.07) is 0. The summed E-state index contributed by atoms with van der Waals surface area (Å²) in [7, 11) is 1.60. The lowest BCUT2D eigenvalue weighted by atomic mass is 10.1. The van der Waals surface area contributed by atoms with Crippen molar-refractivity contribution in [2.75, 3.05) is 20.1 Å². The predicted octanol–water partition coefficient (Wildman–Crippen LogP) is 4.92. The lowest BCUT2D eigenvalue weighted by Gasteiger charge is -2.08. The summed E-state index contributed by atoms with van der Waals surface area (Å²) in [5.41, 5.74) is 0. The minimum absolute atomic E-state index is 0.116. The van der Waals surface area contributed by atoms with Gasteiger partial charge in [0.1, 0.15) is 0 Å². The van der Waals surface area contributed by atoms with Gasteiger partial charge >= 0.3 is 5.97 Å².